The molecule has 0 fully saturated rings. The normalized spacial score (nSPS) is 10.2. The number of ketones is 1. The van der Waals surface area contributed by atoms with Crippen LogP contribution in [0.5, 0.6) is 0 Å². The molecule has 3 heteroatoms. The highest BCUT2D eigenvalue weighted by Gasteiger charge is 2.07. The van der Waals surface area contributed by atoms with Crippen LogP contribution in [0.25, 0.3) is 0 Å². The molecule has 9 heavy (non-hydrogen) atoms. The van der Waals surface area contributed by atoms with Gasteiger partial charge in [0.25, 0.3) is 0 Å². The van der Waals surface area contributed by atoms with Crippen LogP contribution in [-0.4, -0.2) is 7.71 Å². The minimum atomic E-state index is 0.173. The molecule has 0 rings (SSSR count). The second kappa shape index (κ2) is 5.88. The van der Waals surface area contributed by atoms with E-state index < -0.39 is 0 Å². The lowest BCUT2D eigenvalue weighted by Crippen LogP contribution is -2.04. The predicted octanol–water partition coefficient (Wildman–Crippen LogP) is 2.94. The number of rotatable bonds is 4. The maximum Gasteiger partial charge on any atom is 0.155 e. The van der Waals surface area contributed by atoms with Gasteiger partial charge in [-0.05, 0) is 6.42 Å². The number of Topliss-reactive ketones (excluding diaryl/α,β-unsaturated/α-hetero) is 1. The number of hydrogen-bond acceptors (Lipinski definition) is 1. The second-order valence-corrected chi connectivity index (χ2v) is 6.75. The van der Waals surface area contributed by atoms with E-state index in [1.807, 2.05) is 0 Å². The molecule has 0 bridgehead atoms. The first-order valence-corrected chi connectivity index (χ1v) is 5.48. The summed E-state index contributed by atoms with van der Waals surface area (Å²) in [7, 11) is 0. The Hall–Kier alpha value is 1.13. The molecule has 0 amide bonds. The Kier molecular flexibility index (Phi) is 6.62. The van der Waals surface area contributed by atoms with E-state index in [9.17, 15) is 4.79 Å². The van der Waals surface area contributed by atoms with Crippen LogP contribution < -0.4 is 0 Å². The van der Waals surface area contributed by atoms with Gasteiger partial charge in [-0.3, -0.25) is 4.79 Å². The van der Waals surface area contributed by atoms with Gasteiger partial charge < -0.3 is 0 Å². The van der Waals surface area contributed by atoms with Gasteiger partial charge in [0.2, 0.25) is 0 Å². The fraction of sp³-hybridized carbons (Fsp3) is 0.833. The van der Waals surface area contributed by atoms with E-state index in [-0.39, 0.29) is 1.93 Å². The third-order valence-corrected chi connectivity index (χ3v) is 2.41. The summed E-state index contributed by atoms with van der Waals surface area (Å²) in [5, 5.41) is 0. The Morgan fingerprint density at radius 2 is 2.11 bits per heavy atom. The number of carbonyl (C=O) groups excluding carboxylic acids is 1. The Balaban J connectivity index is 3.28. The van der Waals surface area contributed by atoms with Crippen molar-refractivity contribution in [2.75, 3.05) is 0 Å². The van der Waals surface area contributed by atoms with Crippen molar-refractivity contribution in [3.8, 4) is 0 Å². The van der Waals surface area contributed by atoms with Crippen molar-refractivity contribution in [1.82, 2.24) is 0 Å². The molecule has 1 nitrogen and oxygen atoms in total. The Labute approximate surface area is 83.2 Å². The first-order chi connectivity index (χ1) is 4.18. The van der Waals surface area contributed by atoms with E-state index in [0.717, 1.165) is 19.3 Å². The minimum absolute atomic E-state index is 0.173. The van der Waals surface area contributed by atoms with Crippen molar-refractivity contribution in [3.63, 3.8) is 0 Å². The Bertz CT molecular complexity index is 91.1. The van der Waals surface area contributed by atoms with E-state index in [4.69, 9.17) is 0 Å². The molecule has 0 radical (unpaired) electrons. The summed E-state index contributed by atoms with van der Waals surface area (Å²) in [6, 6.07) is 0. The zero-order valence-corrected chi connectivity index (χ0v) is 9.68. The molecule has 0 unspecified atom stereocenters. The Morgan fingerprint density at radius 1 is 1.56 bits per heavy atom. The van der Waals surface area contributed by atoms with Crippen molar-refractivity contribution in [3.05, 3.63) is 0 Å². The Morgan fingerprint density at radius 3 is 2.44 bits per heavy atom. The van der Waals surface area contributed by atoms with Crippen LogP contribution in [0.2, 0.25) is 0 Å². The highest BCUT2D eigenvalue weighted by atomic mass is 127. The van der Waals surface area contributed by atoms with Gasteiger partial charge in [0, 0.05) is 6.42 Å². The lowest BCUT2D eigenvalue weighted by molar-refractivity contribution is -0.116. The van der Waals surface area contributed by atoms with Crippen LogP contribution in [0.4, 0.5) is 0 Å². The number of unbranched alkanes of at least 4 members (excludes halogenated alkanes) is 1. The van der Waals surface area contributed by atoms with Gasteiger partial charge in [-0.1, -0.05) is 58.5 Å². The lowest BCUT2D eigenvalue weighted by atomic mass is 10.2. The average molecular weight is 352 g/mol. The van der Waals surface area contributed by atoms with E-state index in [1.165, 1.54) is 0 Å². The maximum absolute atomic E-state index is 10.9. The zero-order valence-electron chi connectivity index (χ0n) is 5.36. The molecule has 0 aliphatic carbocycles. The highest BCUT2D eigenvalue weighted by Crippen LogP contribution is 2.13. The summed E-state index contributed by atoms with van der Waals surface area (Å²) >= 11 is 4.29. The molecule has 0 aliphatic heterocycles. The quantitative estimate of drug-likeness (QED) is 0.562. The molecule has 0 saturated carbocycles. The summed E-state index contributed by atoms with van der Waals surface area (Å²) in [6.07, 6.45) is 2.92. The summed E-state index contributed by atoms with van der Waals surface area (Å²) < 4.78 is 0.173. The molecular formula is C6H10I2O. The van der Waals surface area contributed by atoms with E-state index >= 15 is 0 Å². The maximum atomic E-state index is 10.9. The van der Waals surface area contributed by atoms with Crippen molar-refractivity contribution < 1.29 is 4.79 Å². The molecule has 0 aromatic carbocycles. The molecule has 0 heterocycles. The summed E-state index contributed by atoms with van der Waals surface area (Å²) in [6.45, 7) is 2.10. The first kappa shape index (κ1) is 10.1. The van der Waals surface area contributed by atoms with E-state index in [0.29, 0.717) is 5.78 Å². The first-order valence-electron chi connectivity index (χ1n) is 2.99. The van der Waals surface area contributed by atoms with Gasteiger partial charge in [-0.2, -0.15) is 0 Å². The van der Waals surface area contributed by atoms with Crippen LogP contribution in [0.15, 0.2) is 0 Å². The van der Waals surface area contributed by atoms with Crippen LogP contribution >= 0.6 is 45.2 Å². The predicted molar refractivity (Wildman–Crippen MR) is 56.4 cm³/mol. The van der Waals surface area contributed by atoms with Crippen molar-refractivity contribution in [1.29, 1.82) is 0 Å². The van der Waals surface area contributed by atoms with Crippen LogP contribution in [-0.2, 0) is 4.79 Å². The highest BCUT2D eigenvalue weighted by molar-refractivity contribution is 14.2. The fourth-order valence-corrected chi connectivity index (χ4v) is 1.08. The molecule has 0 aromatic heterocycles. The topological polar surface area (TPSA) is 17.1 Å². The SMILES string of the molecule is CCCCC(=O)C(I)I. The van der Waals surface area contributed by atoms with Crippen molar-refractivity contribution in [2.24, 2.45) is 0 Å². The van der Waals surface area contributed by atoms with Crippen molar-refractivity contribution >= 4 is 51.0 Å². The fourth-order valence-electron chi connectivity index (χ4n) is 0.460. The number of carbonyl (C=O) groups is 1. The standard InChI is InChI=1S/C6H10I2O/c1-2-3-4-5(9)6(7)8/h6H,2-4H2,1H3. The minimum Gasteiger partial charge on any atom is -0.298 e. The summed E-state index contributed by atoms with van der Waals surface area (Å²) in [4.78, 5) is 10.9. The van der Waals surface area contributed by atoms with Gasteiger partial charge in [-0.15, -0.1) is 0 Å². The monoisotopic (exact) mass is 352 g/mol. The van der Waals surface area contributed by atoms with Gasteiger partial charge in [0.1, 0.15) is 1.93 Å². The van der Waals surface area contributed by atoms with Gasteiger partial charge in [-0.25, -0.2) is 0 Å². The second-order valence-electron chi connectivity index (χ2n) is 1.87. The molecular weight excluding hydrogens is 342 g/mol. The summed E-state index contributed by atoms with van der Waals surface area (Å²) in [5.74, 6) is 0.373. The zero-order chi connectivity index (χ0) is 7.28. The van der Waals surface area contributed by atoms with Crippen LogP contribution in [0, 0.1) is 0 Å². The van der Waals surface area contributed by atoms with E-state index in [2.05, 4.69) is 52.1 Å². The smallest absolute Gasteiger partial charge is 0.155 e. The third-order valence-electron chi connectivity index (χ3n) is 1.02. The molecule has 0 spiro atoms. The largest absolute Gasteiger partial charge is 0.298 e. The van der Waals surface area contributed by atoms with Crippen LogP contribution in [0.3, 0.4) is 0 Å². The molecule has 0 saturated heterocycles. The molecule has 0 aliphatic rings. The molecule has 0 atom stereocenters. The van der Waals surface area contributed by atoms with Gasteiger partial charge >= 0.3 is 0 Å². The number of halogens is 2. The van der Waals surface area contributed by atoms with Crippen molar-refractivity contribution in [2.45, 2.75) is 28.1 Å². The van der Waals surface area contributed by atoms with Gasteiger partial charge in [0.05, 0.1) is 0 Å². The lowest BCUT2D eigenvalue weighted by Gasteiger charge is -1.97. The molecule has 54 valence electrons. The van der Waals surface area contributed by atoms with Gasteiger partial charge in [0.15, 0.2) is 5.78 Å². The van der Waals surface area contributed by atoms with Crippen LogP contribution in [0.1, 0.15) is 26.2 Å². The number of hydrogen-bond donors (Lipinski definition) is 0. The molecule has 0 aromatic rings. The number of alkyl halides is 2. The third kappa shape index (κ3) is 5.57. The average Bonchev–Trinajstić information content (AvgIpc) is 1.82. The van der Waals surface area contributed by atoms with E-state index in [1.54, 1.807) is 0 Å². The molecule has 0 N–H and O–H groups in total. The summed E-state index contributed by atoms with van der Waals surface area (Å²) in [5.41, 5.74) is 0.